The number of hydrogen-bond donors (Lipinski definition) is 2. The second-order valence-corrected chi connectivity index (χ2v) is 6.07. The van der Waals surface area contributed by atoms with Crippen molar-refractivity contribution < 1.29 is 19.1 Å². The Bertz CT molecular complexity index is 781. The first kappa shape index (κ1) is 20.6. The van der Waals surface area contributed by atoms with Gasteiger partial charge in [-0.25, -0.2) is 0 Å². The van der Waals surface area contributed by atoms with Gasteiger partial charge in [0.1, 0.15) is 0 Å². The van der Waals surface area contributed by atoms with E-state index in [4.69, 9.17) is 21.1 Å². The Hall–Kier alpha value is -2.73. The van der Waals surface area contributed by atoms with Crippen LogP contribution in [0.15, 0.2) is 42.5 Å². The third kappa shape index (κ3) is 6.18. The SMILES string of the molecule is CCCOc1c(Cl)cc(C(=O)NCC(=O)Nc2ccccc2)cc1OCC. The Labute approximate surface area is 163 Å². The monoisotopic (exact) mass is 390 g/mol. The molecule has 0 radical (unpaired) electrons. The molecule has 144 valence electrons. The zero-order valence-electron chi connectivity index (χ0n) is 15.4. The van der Waals surface area contributed by atoms with Gasteiger partial charge in [-0.05, 0) is 37.6 Å². The van der Waals surface area contributed by atoms with Crippen LogP contribution in [0.2, 0.25) is 5.02 Å². The van der Waals surface area contributed by atoms with Gasteiger partial charge < -0.3 is 20.1 Å². The minimum Gasteiger partial charge on any atom is -0.490 e. The summed E-state index contributed by atoms with van der Waals surface area (Å²) in [5, 5.41) is 5.56. The van der Waals surface area contributed by atoms with Crippen LogP contribution in [0, 0.1) is 0 Å². The van der Waals surface area contributed by atoms with Gasteiger partial charge in [0.25, 0.3) is 5.91 Å². The van der Waals surface area contributed by atoms with Crippen LogP contribution in [-0.4, -0.2) is 31.6 Å². The van der Waals surface area contributed by atoms with Crippen LogP contribution in [-0.2, 0) is 4.79 Å². The molecular weight excluding hydrogens is 368 g/mol. The van der Waals surface area contributed by atoms with Gasteiger partial charge in [0.05, 0.1) is 24.8 Å². The zero-order valence-corrected chi connectivity index (χ0v) is 16.1. The van der Waals surface area contributed by atoms with Crippen LogP contribution >= 0.6 is 11.6 Å². The molecule has 0 unspecified atom stereocenters. The van der Waals surface area contributed by atoms with Gasteiger partial charge in [0, 0.05) is 11.3 Å². The molecule has 7 heteroatoms. The third-order valence-electron chi connectivity index (χ3n) is 3.49. The molecule has 0 spiro atoms. The Morgan fingerprint density at radius 3 is 2.48 bits per heavy atom. The number of ether oxygens (including phenoxy) is 2. The highest BCUT2D eigenvalue weighted by atomic mass is 35.5. The van der Waals surface area contributed by atoms with Crippen LogP contribution < -0.4 is 20.1 Å². The Kier molecular flexibility index (Phi) is 7.95. The largest absolute Gasteiger partial charge is 0.490 e. The van der Waals surface area contributed by atoms with Gasteiger partial charge in [-0.3, -0.25) is 9.59 Å². The highest BCUT2D eigenvalue weighted by molar-refractivity contribution is 6.32. The molecule has 0 saturated heterocycles. The van der Waals surface area contributed by atoms with Crippen LogP contribution in [0.5, 0.6) is 11.5 Å². The van der Waals surface area contributed by atoms with Crippen molar-refractivity contribution in [3.63, 3.8) is 0 Å². The van der Waals surface area contributed by atoms with Crippen LogP contribution in [0.1, 0.15) is 30.6 Å². The number of carbonyl (C=O) groups excluding carboxylic acids is 2. The third-order valence-corrected chi connectivity index (χ3v) is 3.77. The number of amides is 2. The number of hydrogen-bond acceptors (Lipinski definition) is 4. The second kappa shape index (κ2) is 10.4. The van der Waals surface area contributed by atoms with E-state index in [2.05, 4.69) is 10.6 Å². The number of anilines is 1. The van der Waals surface area contributed by atoms with Crippen molar-refractivity contribution in [2.24, 2.45) is 0 Å². The summed E-state index contributed by atoms with van der Waals surface area (Å²) in [6.45, 7) is 4.55. The fourth-order valence-electron chi connectivity index (χ4n) is 2.30. The van der Waals surface area contributed by atoms with Gasteiger partial charge in [0.15, 0.2) is 11.5 Å². The highest BCUT2D eigenvalue weighted by Crippen LogP contribution is 2.36. The van der Waals surface area contributed by atoms with E-state index in [-0.39, 0.29) is 17.5 Å². The number of rotatable bonds is 9. The topological polar surface area (TPSA) is 76.7 Å². The highest BCUT2D eigenvalue weighted by Gasteiger charge is 2.17. The summed E-state index contributed by atoms with van der Waals surface area (Å²) < 4.78 is 11.2. The lowest BCUT2D eigenvalue weighted by atomic mass is 10.2. The molecule has 0 saturated carbocycles. The van der Waals surface area contributed by atoms with E-state index < -0.39 is 5.91 Å². The molecule has 0 atom stereocenters. The standard InChI is InChI=1S/C20H23ClN2O4/c1-3-10-27-19-16(21)11-14(12-17(19)26-4-2)20(25)22-13-18(24)23-15-8-6-5-7-9-15/h5-9,11-12H,3-4,10,13H2,1-2H3,(H,22,25)(H,23,24). The van der Waals surface area contributed by atoms with E-state index in [1.165, 1.54) is 6.07 Å². The number of carbonyl (C=O) groups is 2. The average molecular weight is 391 g/mol. The van der Waals surface area contributed by atoms with Crippen LogP contribution in [0.4, 0.5) is 5.69 Å². The minimum absolute atomic E-state index is 0.163. The summed E-state index contributed by atoms with van der Waals surface area (Å²) in [7, 11) is 0. The maximum absolute atomic E-state index is 12.4. The van der Waals surface area contributed by atoms with Crippen molar-refractivity contribution in [3.8, 4) is 11.5 Å². The Balaban J connectivity index is 2.03. The van der Waals surface area contributed by atoms with Gasteiger partial charge in [-0.15, -0.1) is 0 Å². The normalized spacial score (nSPS) is 10.2. The maximum atomic E-state index is 12.4. The first-order chi connectivity index (χ1) is 13.0. The Morgan fingerprint density at radius 1 is 1.07 bits per heavy atom. The molecule has 6 nitrogen and oxygen atoms in total. The molecule has 0 heterocycles. The molecule has 2 N–H and O–H groups in total. The van der Waals surface area contributed by atoms with E-state index in [1.54, 1.807) is 18.2 Å². The average Bonchev–Trinajstić information content (AvgIpc) is 2.66. The number of nitrogens with one attached hydrogen (secondary N) is 2. The number of benzene rings is 2. The van der Waals surface area contributed by atoms with E-state index in [9.17, 15) is 9.59 Å². The summed E-state index contributed by atoms with van der Waals surface area (Å²) >= 11 is 6.26. The van der Waals surface area contributed by atoms with Gasteiger partial charge in [-0.2, -0.15) is 0 Å². The molecule has 2 rings (SSSR count). The quantitative estimate of drug-likeness (QED) is 0.680. The maximum Gasteiger partial charge on any atom is 0.251 e. The second-order valence-electron chi connectivity index (χ2n) is 5.66. The van der Waals surface area contributed by atoms with E-state index >= 15 is 0 Å². The lowest BCUT2D eigenvalue weighted by molar-refractivity contribution is -0.115. The van der Waals surface area contributed by atoms with E-state index in [0.717, 1.165) is 6.42 Å². The fraction of sp³-hybridized carbons (Fsp3) is 0.300. The van der Waals surface area contributed by atoms with Crippen molar-refractivity contribution in [1.82, 2.24) is 5.32 Å². The molecule has 2 amide bonds. The van der Waals surface area contributed by atoms with Crippen molar-refractivity contribution in [3.05, 3.63) is 53.1 Å². The molecule has 2 aromatic carbocycles. The minimum atomic E-state index is -0.428. The van der Waals surface area contributed by atoms with Gasteiger partial charge in [-0.1, -0.05) is 36.7 Å². The molecular formula is C20H23ClN2O4. The van der Waals surface area contributed by atoms with E-state index in [0.29, 0.717) is 36.0 Å². The van der Waals surface area contributed by atoms with Crippen molar-refractivity contribution in [2.45, 2.75) is 20.3 Å². The summed E-state index contributed by atoms with van der Waals surface area (Å²) in [5.74, 6) is 0.0627. The summed E-state index contributed by atoms with van der Waals surface area (Å²) in [4.78, 5) is 24.3. The predicted octanol–water partition coefficient (Wildman–Crippen LogP) is 3.90. The van der Waals surface area contributed by atoms with Crippen molar-refractivity contribution >= 4 is 29.1 Å². The smallest absolute Gasteiger partial charge is 0.251 e. The number of para-hydroxylation sites is 1. The molecule has 27 heavy (non-hydrogen) atoms. The van der Waals surface area contributed by atoms with E-state index in [1.807, 2.05) is 32.0 Å². The molecule has 0 fully saturated rings. The first-order valence-electron chi connectivity index (χ1n) is 8.77. The zero-order chi connectivity index (χ0) is 19.6. The fourth-order valence-corrected chi connectivity index (χ4v) is 2.56. The summed E-state index contributed by atoms with van der Waals surface area (Å²) in [6.07, 6.45) is 0.820. The molecule has 0 aliphatic carbocycles. The van der Waals surface area contributed by atoms with Crippen LogP contribution in [0.3, 0.4) is 0 Å². The van der Waals surface area contributed by atoms with Crippen LogP contribution in [0.25, 0.3) is 0 Å². The van der Waals surface area contributed by atoms with Gasteiger partial charge >= 0.3 is 0 Å². The lowest BCUT2D eigenvalue weighted by Gasteiger charge is -2.15. The first-order valence-corrected chi connectivity index (χ1v) is 9.15. The predicted molar refractivity (Wildman–Crippen MR) is 106 cm³/mol. The Morgan fingerprint density at radius 2 is 1.81 bits per heavy atom. The molecule has 0 aliphatic rings. The van der Waals surface area contributed by atoms with Crippen molar-refractivity contribution in [1.29, 1.82) is 0 Å². The molecule has 0 aliphatic heterocycles. The molecule has 0 bridgehead atoms. The van der Waals surface area contributed by atoms with Crippen molar-refractivity contribution in [2.75, 3.05) is 25.1 Å². The molecule has 0 aromatic heterocycles. The number of halogens is 1. The van der Waals surface area contributed by atoms with Gasteiger partial charge in [0.2, 0.25) is 5.91 Å². The summed E-state index contributed by atoms with van der Waals surface area (Å²) in [5.41, 5.74) is 0.954. The summed E-state index contributed by atoms with van der Waals surface area (Å²) in [6, 6.07) is 12.1. The lowest BCUT2D eigenvalue weighted by Crippen LogP contribution is -2.32. The molecule has 2 aromatic rings.